The summed E-state index contributed by atoms with van der Waals surface area (Å²) in [7, 11) is 0. The Labute approximate surface area is 176 Å². The molecule has 0 bridgehead atoms. The van der Waals surface area contributed by atoms with E-state index in [1.807, 2.05) is 0 Å². The third-order valence-corrected chi connectivity index (χ3v) is 5.25. The molecule has 4 N–H and O–H groups in total. The molecule has 1 aromatic heterocycles. The highest BCUT2D eigenvalue weighted by Gasteiger charge is 2.22. The van der Waals surface area contributed by atoms with E-state index in [0.717, 1.165) is 50.6 Å². The van der Waals surface area contributed by atoms with Crippen molar-refractivity contribution >= 4 is 17.7 Å². The largest absolute Gasteiger partial charge is 0.393 e. The van der Waals surface area contributed by atoms with Crippen molar-refractivity contribution in [2.24, 2.45) is 0 Å². The lowest BCUT2D eigenvalue weighted by atomic mass is 9.93. The molecular weight excluding hydrogens is 385 g/mol. The summed E-state index contributed by atoms with van der Waals surface area (Å²) in [5.41, 5.74) is 1.17. The Morgan fingerprint density at radius 2 is 1.93 bits per heavy atom. The third-order valence-electron chi connectivity index (χ3n) is 5.25. The van der Waals surface area contributed by atoms with Gasteiger partial charge in [-0.3, -0.25) is 4.79 Å². The average molecular weight is 416 g/mol. The number of carbonyl (C=O) groups excluding carboxylic acids is 1. The number of aliphatic hydroxyl groups excluding tert-OH is 1. The average Bonchev–Trinajstić information content (AvgIpc) is 2.75. The van der Waals surface area contributed by atoms with Crippen molar-refractivity contribution in [3.63, 3.8) is 0 Å². The molecule has 1 heterocycles. The van der Waals surface area contributed by atoms with Crippen LogP contribution in [0.5, 0.6) is 0 Å². The van der Waals surface area contributed by atoms with Gasteiger partial charge in [0.1, 0.15) is 17.2 Å². The summed E-state index contributed by atoms with van der Waals surface area (Å²) in [4.78, 5) is 21.6. The molecular formula is C22H30FN5O2. The number of nitrogens with zero attached hydrogens (tertiary/aromatic N) is 2. The van der Waals surface area contributed by atoms with Crippen molar-refractivity contribution in [2.75, 3.05) is 17.2 Å². The molecule has 1 aliphatic rings. The smallest absolute Gasteiger partial charge is 0.256 e. The second kappa shape index (κ2) is 10.9. The molecule has 1 saturated carbocycles. The predicted molar refractivity (Wildman–Crippen MR) is 115 cm³/mol. The summed E-state index contributed by atoms with van der Waals surface area (Å²) in [5, 5.41) is 19.2. The van der Waals surface area contributed by atoms with Gasteiger partial charge in [-0.1, -0.05) is 25.5 Å². The Morgan fingerprint density at radius 1 is 1.20 bits per heavy atom. The highest BCUT2D eigenvalue weighted by molar-refractivity contribution is 5.98. The molecule has 7 nitrogen and oxygen atoms in total. The Hall–Kier alpha value is -2.74. The van der Waals surface area contributed by atoms with Gasteiger partial charge in [-0.2, -0.15) is 4.98 Å². The number of carbonyl (C=O) groups is 1. The molecule has 2 aromatic rings. The molecule has 1 fully saturated rings. The highest BCUT2D eigenvalue weighted by atomic mass is 19.1. The molecule has 3 rings (SSSR count). The summed E-state index contributed by atoms with van der Waals surface area (Å²) in [5.74, 6) is 0.366. The Bertz CT molecular complexity index is 823. The maximum Gasteiger partial charge on any atom is 0.256 e. The van der Waals surface area contributed by atoms with E-state index >= 15 is 0 Å². The highest BCUT2D eigenvalue weighted by Crippen LogP contribution is 2.24. The van der Waals surface area contributed by atoms with Gasteiger partial charge in [0.05, 0.1) is 6.10 Å². The fraction of sp³-hybridized carbons (Fsp3) is 0.500. The van der Waals surface area contributed by atoms with Gasteiger partial charge < -0.3 is 21.1 Å². The lowest BCUT2D eigenvalue weighted by Crippen LogP contribution is -2.31. The van der Waals surface area contributed by atoms with Crippen LogP contribution in [0.3, 0.4) is 0 Å². The summed E-state index contributed by atoms with van der Waals surface area (Å²) in [6.45, 7) is 3.16. The van der Waals surface area contributed by atoms with E-state index in [0.29, 0.717) is 17.3 Å². The van der Waals surface area contributed by atoms with Gasteiger partial charge in [0.15, 0.2) is 0 Å². The van der Waals surface area contributed by atoms with E-state index in [1.165, 1.54) is 18.3 Å². The maximum absolute atomic E-state index is 13.1. The SMILES string of the molecule is CCCCNc1ncc(C(=O)NCc2ccc(F)cc2)c(NC2CCC(O)CC2)n1. The molecule has 0 aliphatic heterocycles. The topological polar surface area (TPSA) is 99.2 Å². The molecule has 1 aromatic carbocycles. The number of anilines is 2. The van der Waals surface area contributed by atoms with Crippen LogP contribution in [0, 0.1) is 5.82 Å². The summed E-state index contributed by atoms with van der Waals surface area (Å²) in [6.07, 6.45) is 6.45. The van der Waals surface area contributed by atoms with Crippen molar-refractivity contribution in [3.05, 3.63) is 47.4 Å². The number of hydrogen-bond donors (Lipinski definition) is 4. The minimum Gasteiger partial charge on any atom is -0.393 e. The summed E-state index contributed by atoms with van der Waals surface area (Å²) >= 11 is 0. The van der Waals surface area contributed by atoms with Gasteiger partial charge in [-0.15, -0.1) is 0 Å². The minimum absolute atomic E-state index is 0.149. The molecule has 0 spiro atoms. The molecule has 0 radical (unpaired) electrons. The number of benzene rings is 1. The molecule has 162 valence electrons. The van der Waals surface area contributed by atoms with Crippen LogP contribution in [-0.4, -0.2) is 39.7 Å². The summed E-state index contributed by atoms with van der Waals surface area (Å²) < 4.78 is 13.1. The van der Waals surface area contributed by atoms with Crippen molar-refractivity contribution in [2.45, 2.75) is 64.1 Å². The number of aliphatic hydroxyl groups is 1. The Morgan fingerprint density at radius 3 is 2.63 bits per heavy atom. The van der Waals surface area contributed by atoms with Crippen molar-refractivity contribution in [1.29, 1.82) is 0 Å². The van der Waals surface area contributed by atoms with Crippen LogP contribution in [0.25, 0.3) is 0 Å². The molecule has 0 saturated heterocycles. The number of nitrogens with one attached hydrogen (secondary N) is 3. The van der Waals surface area contributed by atoms with E-state index in [9.17, 15) is 14.3 Å². The van der Waals surface area contributed by atoms with Crippen molar-refractivity contribution < 1.29 is 14.3 Å². The Balaban J connectivity index is 1.71. The van der Waals surface area contributed by atoms with Crippen molar-refractivity contribution in [1.82, 2.24) is 15.3 Å². The lowest BCUT2D eigenvalue weighted by molar-refractivity contribution is 0.0950. The normalized spacial score (nSPS) is 18.6. The fourth-order valence-electron chi connectivity index (χ4n) is 3.41. The fourth-order valence-corrected chi connectivity index (χ4v) is 3.41. The number of rotatable bonds is 9. The van der Waals surface area contributed by atoms with Gasteiger partial charge >= 0.3 is 0 Å². The zero-order valence-corrected chi connectivity index (χ0v) is 17.3. The van der Waals surface area contributed by atoms with Gasteiger partial charge in [0, 0.05) is 25.3 Å². The maximum atomic E-state index is 13.1. The number of unbranched alkanes of at least 4 members (excludes halogenated alkanes) is 1. The predicted octanol–water partition coefficient (Wildman–Crippen LogP) is 3.47. The second-order valence-electron chi connectivity index (χ2n) is 7.70. The van der Waals surface area contributed by atoms with E-state index in [2.05, 4.69) is 32.8 Å². The Kier molecular flexibility index (Phi) is 7.96. The zero-order valence-electron chi connectivity index (χ0n) is 17.3. The first kappa shape index (κ1) is 22.0. The number of amides is 1. The number of aromatic nitrogens is 2. The molecule has 0 atom stereocenters. The lowest BCUT2D eigenvalue weighted by Gasteiger charge is -2.27. The van der Waals surface area contributed by atoms with Crippen LogP contribution < -0.4 is 16.0 Å². The molecule has 1 aliphatic carbocycles. The first-order valence-electron chi connectivity index (χ1n) is 10.6. The second-order valence-corrected chi connectivity index (χ2v) is 7.70. The van der Waals surface area contributed by atoms with Gasteiger partial charge in [0.25, 0.3) is 5.91 Å². The summed E-state index contributed by atoms with van der Waals surface area (Å²) in [6, 6.07) is 6.16. The molecule has 8 heteroatoms. The monoisotopic (exact) mass is 415 g/mol. The first-order chi connectivity index (χ1) is 14.5. The van der Waals surface area contributed by atoms with Crippen LogP contribution in [0.1, 0.15) is 61.4 Å². The van der Waals surface area contributed by atoms with Gasteiger partial charge in [-0.25, -0.2) is 9.37 Å². The van der Waals surface area contributed by atoms with E-state index in [-0.39, 0.29) is 30.4 Å². The minimum atomic E-state index is -0.311. The quantitative estimate of drug-likeness (QED) is 0.468. The number of halogens is 1. The first-order valence-corrected chi connectivity index (χ1v) is 10.6. The molecule has 30 heavy (non-hydrogen) atoms. The van der Waals surface area contributed by atoms with Crippen LogP contribution in [0.4, 0.5) is 16.2 Å². The number of hydrogen-bond acceptors (Lipinski definition) is 6. The third kappa shape index (κ3) is 6.38. The van der Waals surface area contributed by atoms with Crippen LogP contribution >= 0.6 is 0 Å². The van der Waals surface area contributed by atoms with Gasteiger partial charge in [-0.05, 0) is 49.8 Å². The molecule has 0 unspecified atom stereocenters. The van der Waals surface area contributed by atoms with Crippen LogP contribution in [-0.2, 0) is 6.54 Å². The van der Waals surface area contributed by atoms with Crippen molar-refractivity contribution in [3.8, 4) is 0 Å². The van der Waals surface area contributed by atoms with Gasteiger partial charge in [0.2, 0.25) is 5.95 Å². The zero-order chi connectivity index (χ0) is 21.3. The van der Waals surface area contributed by atoms with E-state index in [4.69, 9.17) is 0 Å². The molecule has 1 amide bonds. The van der Waals surface area contributed by atoms with E-state index < -0.39 is 0 Å². The standard InChI is InChI=1S/C22H30FN5O2/c1-2-3-12-24-22-26-14-19(20(28-22)27-17-8-10-18(29)11-9-17)21(30)25-13-15-4-6-16(23)7-5-15/h4-7,14,17-18,29H,2-3,8-13H2,1H3,(H,25,30)(H2,24,26,27,28). The van der Waals surface area contributed by atoms with Crippen LogP contribution in [0.2, 0.25) is 0 Å². The van der Waals surface area contributed by atoms with Crippen LogP contribution in [0.15, 0.2) is 30.5 Å². The van der Waals surface area contributed by atoms with E-state index in [1.54, 1.807) is 12.1 Å².